The van der Waals surface area contributed by atoms with Gasteiger partial charge in [-0.05, 0) is 12.1 Å². The minimum atomic E-state index is 0.608. The lowest BCUT2D eigenvalue weighted by Gasteiger charge is -2.04. The predicted molar refractivity (Wildman–Crippen MR) is 52.1 cm³/mol. The zero-order valence-electron chi connectivity index (χ0n) is 7.68. The number of para-hydroxylation sites is 1. The summed E-state index contributed by atoms with van der Waals surface area (Å²) in [4.78, 5) is 0. The minimum Gasteiger partial charge on any atom is -0.487 e. The van der Waals surface area contributed by atoms with Crippen molar-refractivity contribution in [3.05, 3.63) is 47.8 Å². The van der Waals surface area contributed by atoms with Crippen LogP contribution >= 0.6 is 0 Å². The second-order valence-corrected chi connectivity index (χ2v) is 3.38. The Morgan fingerprint density at radius 1 is 1.21 bits per heavy atom. The van der Waals surface area contributed by atoms with Crippen molar-refractivity contribution in [3.8, 4) is 5.75 Å². The molecule has 1 aliphatic heterocycles. The average Bonchev–Trinajstić information content (AvgIpc) is 2.58. The molecule has 0 aliphatic carbocycles. The molecular formula is C11H10N2O. The van der Waals surface area contributed by atoms with Crippen molar-refractivity contribution in [2.45, 2.75) is 13.2 Å². The van der Waals surface area contributed by atoms with Crippen LogP contribution in [-0.2, 0) is 13.2 Å². The Labute approximate surface area is 81.9 Å². The van der Waals surface area contributed by atoms with Gasteiger partial charge in [0.25, 0.3) is 0 Å². The van der Waals surface area contributed by atoms with Crippen LogP contribution in [0.25, 0.3) is 0 Å². The van der Waals surface area contributed by atoms with Crippen LogP contribution in [0.2, 0.25) is 0 Å². The zero-order chi connectivity index (χ0) is 9.38. The number of hydrogen-bond acceptors (Lipinski definition) is 2. The summed E-state index contributed by atoms with van der Waals surface area (Å²) in [7, 11) is 0. The summed E-state index contributed by atoms with van der Waals surface area (Å²) in [5, 5.41) is 4.25. The fourth-order valence-corrected chi connectivity index (χ4v) is 1.71. The summed E-state index contributed by atoms with van der Waals surface area (Å²) in [6.07, 6.45) is 1.81. The monoisotopic (exact) mass is 186 g/mol. The normalized spacial score (nSPS) is 13.7. The summed E-state index contributed by atoms with van der Waals surface area (Å²) < 4.78 is 7.65. The van der Waals surface area contributed by atoms with Crippen LogP contribution in [0.1, 0.15) is 11.3 Å². The van der Waals surface area contributed by atoms with Gasteiger partial charge < -0.3 is 4.74 Å². The number of nitrogens with zero attached hydrogens (tertiary/aromatic N) is 2. The quantitative estimate of drug-likeness (QED) is 0.627. The third-order valence-electron chi connectivity index (χ3n) is 2.47. The summed E-state index contributed by atoms with van der Waals surface area (Å²) >= 11 is 0. The summed E-state index contributed by atoms with van der Waals surface area (Å²) in [6, 6.07) is 10.1. The van der Waals surface area contributed by atoms with Crippen molar-refractivity contribution in [1.82, 2.24) is 9.78 Å². The van der Waals surface area contributed by atoms with Gasteiger partial charge in [0, 0.05) is 11.8 Å². The molecule has 0 radical (unpaired) electrons. The minimum absolute atomic E-state index is 0.608. The number of ether oxygens (including phenoxy) is 1. The fraction of sp³-hybridized carbons (Fsp3) is 0.182. The number of rotatable bonds is 0. The topological polar surface area (TPSA) is 27.1 Å². The van der Waals surface area contributed by atoms with E-state index in [9.17, 15) is 0 Å². The van der Waals surface area contributed by atoms with Crippen molar-refractivity contribution < 1.29 is 4.74 Å². The molecule has 70 valence electrons. The van der Waals surface area contributed by atoms with Crippen LogP contribution in [0, 0.1) is 0 Å². The van der Waals surface area contributed by atoms with Crippen molar-refractivity contribution >= 4 is 0 Å². The lowest BCUT2D eigenvalue weighted by atomic mass is 10.2. The lowest BCUT2D eigenvalue weighted by Crippen LogP contribution is -2.03. The van der Waals surface area contributed by atoms with Gasteiger partial charge in [-0.1, -0.05) is 18.2 Å². The van der Waals surface area contributed by atoms with Gasteiger partial charge in [0.05, 0.1) is 12.2 Å². The fourth-order valence-electron chi connectivity index (χ4n) is 1.71. The van der Waals surface area contributed by atoms with Gasteiger partial charge in [0.2, 0.25) is 0 Å². The van der Waals surface area contributed by atoms with E-state index >= 15 is 0 Å². The van der Waals surface area contributed by atoms with Crippen molar-refractivity contribution in [2.24, 2.45) is 0 Å². The Balaban J connectivity index is 2.10. The molecule has 0 N–H and O–H groups in total. The van der Waals surface area contributed by atoms with Crippen molar-refractivity contribution in [2.75, 3.05) is 0 Å². The third kappa shape index (κ3) is 1.09. The van der Waals surface area contributed by atoms with Crippen LogP contribution in [0.4, 0.5) is 0 Å². The molecule has 0 atom stereocenters. The molecule has 2 heterocycles. The van der Waals surface area contributed by atoms with E-state index in [1.165, 1.54) is 5.56 Å². The molecule has 0 bridgehead atoms. The van der Waals surface area contributed by atoms with E-state index in [4.69, 9.17) is 4.74 Å². The molecule has 3 nitrogen and oxygen atoms in total. The molecule has 1 aliphatic rings. The van der Waals surface area contributed by atoms with Gasteiger partial charge in [-0.25, -0.2) is 0 Å². The summed E-state index contributed by atoms with van der Waals surface area (Å²) in [5.41, 5.74) is 2.32. The molecule has 2 aromatic rings. The van der Waals surface area contributed by atoms with E-state index in [2.05, 4.69) is 11.2 Å². The first-order chi connectivity index (χ1) is 6.93. The van der Waals surface area contributed by atoms with Gasteiger partial charge in [0.15, 0.2) is 0 Å². The Kier molecular flexibility index (Phi) is 1.56. The van der Waals surface area contributed by atoms with E-state index in [-0.39, 0.29) is 0 Å². The SMILES string of the molecule is c1ccc2c(c1)Cn1nccc1CO2. The molecule has 0 amide bonds. The first-order valence-corrected chi connectivity index (χ1v) is 4.65. The Bertz CT molecular complexity index is 462. The molecular weight excluding hydrogens is 176 g/mol. The van der Waals surface area contributed by atoms with Crippen LogP contribution in [0.15, 0.2) is 36.5 Å². The molecule has 1 aromatic heterocycles. The highest BCUT2D eigenvalue weighted by Crippen LogP contribution is 2.23. The maximum absolute atomic E-state index is 5.67. The number of aromatic nitrogens is 2. The molecule has 0 saturated heterocycles. The molecule has 3 heteroatoms. The van der Waals surface area contributed by atoms with E-state index in [1.54, 1.807) is 0 Å². The van der Waals surface area contributed by atoms with Crippen molar-refractivity contribution in [1.29, 1.82) is 0 Å². The Hall–Kier alpha value is -1.77. The molecule has 0 spiro atoms. The highest BCUT2D eigenvalue weighted by molar-refractivity contribution is 5.34. The standard InChI is InChI=1S/C11H10N2O/c1-2-4-11-9(3-1)7-13-10(8-14-11)5-6-12-13/h1-6H,7-8H2. The molecule has 0 fully saturated rings. The number of hydrogen-bond donors (Lipinski definition) is 0. The first-order valence-electron chi connectivity index (χ1n) is 4.65. The maximum atomic E-state index is 5.67. The van der Waals surface area contributed by atoms with Gasteiger partial charge in [0.1, 0.15) is 12.4 Å². The Morgan fingerprint density at radius 3 is 3.14 bits per heavy atom. The number of fused-ring (bicyclic) bond motifs is 2. The second-order valence-electron chi connectivity index (χ2n) is 3.38. The van der Waals surface area contributed by atoms with E-state index in [0.29, 0.717) is 6.61 Å². The highest BCUT2D eigenvalue weighted by Gasteiger charge is 2.12. The molecule has 1 aromatic carbocycles. The smallest absolute Gasteiger partial charge is 0.130 e. The first kappa shape index (κ1) is 7.62. The van der Waals surface area contributed by atoms with Crippen LogP contribution in [0.3, 0.4) is 0 Å². The lowest BCUT2D eigenvalue weighted by molar-refractivity contribution is 0.301. The molecule has 14 heavy (non-hydrogen) atoms. The van der Waals surface area contributed by atoms with Gasteiger partial charge in [-0.15, -0.1) is 0 Å². The number of benzene rings is 1. The predicted octanol–water partition coefficient (Wildman–Crippen LogP) is 1.82. The molecule has 3 rings (SSSR count). The second kappa shape index (κ2) is 2.87. The van der Waals surface area contributed by atoms with Gasteiger partial charge in [-0.3, -0.25) is 4.68 Å². The Morgan fingerprint density at radius 2 is 2.14 bits per heavy atom. The van der Waals surface area contributed by atoms with E-state index in [1.807, 2.05) is 35.1 Å². The highest BCUT2D eigenvalue weighted by atomic mass is 16.5. The van der Waals surface area contributed by atoms with E-state index < -0.39 is 0 Å². The third-order valence-corrected chi connectivity index (χ3v) is 2.47. The maximum Gasteiger partial charge on any atom is 0.130 e. The zero-order valence-corrected chi connectivity index (χ0v) is 7.68. The summed E-state index contributed by atoms with van der Waals surface area (Å²) in [6.45, 7) is 1.41. The summed E-state index contributed by atoms with van der Waals surface area (Å²) in [5.74, 6) is 0.970. The average molecular weight is 186 g/mol. The van der Waals surface area contributed by atoms with Gasteiger partial charge >= 0.3 is 0 Å². The van der Waals surface area contributed by atoms with Crippen LogP contribution in [-0.4, -0.2) is 9.78 Å². The van der Waals surface area contributed by atoms with Gasteiger partial charge in [-0.2, -0.15) is 5.10 Å². The van der Waals surface area contributed by atoms with E-state index in [0.717, 1.165) is 18.0 Å². The molecule has 0 unspecified atom stereocenters. The van der Waals surface area contributed by atoms with Crippen LogP contribution < -0.4 is 4.74 Å². The van der Waals surface area contributed by atoms with Crippen molar-refractivity contribution in [3.63, 3.8) is 0 Å². The largest absolute Gasteiger partial charge is 0.487 e. The van der Waals surface area contributed by atoms with Crippen LogP contribution in [0.5, 0.6) is 5.75 Å². The molecule has 0 saturated carbocycles.